The van der Waals surface area contributed by atoms with E-state index in [0.717, 1.165) is 30.4 Å². The highest BCUT2D eigenvalue weighted by Crippen LogP contribution is 2.41. The van der Waals surface area contributed by atoms with Crippen LogP contribution in [-0.4, -0.2) is 23.1 Å². The molecule has 1 fully saturated rings. The maximum Gasteiger partial charge on any atom is 0.329 e. The number of carbonyl (C=O) groups excluding carboxylic acids is 2. The minimum atomic E-state index is -2.15. The summed E-state index contributed by atoms with van der Waals surface area (Å²) in [6.07, 6.45) is 3.04. The van der Waals surface area contributed by atoms with Gasteiger partial charge < -0.3 is 15.7 Å². The zero-order valence-corrected chi connectivity index (χ0v) is 18.6. The smallest absolute Gasteiger partial charge is 0.329 e. The van der Waals surface area contributed by atoms with Crippen LogP contribution < -0.4 is 15.5 Å². The van der Waals surface area contributed by atoms with Crippen LogP contribution in [0.4, 0.5) is 16.2 Å². The quantitative estimate of drug-likeness (QED) is 0.685. The van der Waals surface area contributed by atoms with Crippen LogP contribution in [-0.2, 0) is 10.5 Å². The molecule has 1 heterocycles. The van der Waals surface area contributed by atoms with Gasteiger partial charge in [0.2, 0.25) is 0 Å². The van der Waals surface area contributed by atoms with Gasteiger partial charge in [-0.15, -0.1) is 0 Å². The first-order chi connectivity index (χ1) is 14.7. The summed E-state index contributed by atoms with van der Waals surface area (Å²) in [7, 11) is 0. The van der Waals surface area contributed by atoms with Gasteiger partial charge in [0.25, 0.3) is 11.6 Å². The molecule has 31 heavy (non-hydrogen) atoms. The molecule has 0 aromatic heterocycles. The van der Waals surface area contributed by atoms with Crippen molar-refractivity contribution in [2.45, 2.75) is 58.7 Å². The zero-order valence-electron chi connectivity index (χ0n) is 18.6. The van der Waals surface area contributed by atoms with E-state index < -0.39 is 17.7 Å². The normalized spacial score (nSPS) is 28.0. The van der Waals surface area contributed by atoms with Crippen LogP contribution in [0.3, 0.4) is 0 Å². The van der Waals surface area contributed by atoms with E-state index in [1.54, 1.807) is 30.3 Å². The first-order valence-corrected chi connectivity index (χ1v) is 11.0. The predicted octanol–water partition coefficient (Wildman–Crippen LogP) is 4.44. The number of urea groups is 1. The van der Waals surface area contributed by atoms with Gasteiger partial charge in [0.1, 0.15) is 0 Å². The number of para-hydroxylation sites is 1. The van der Waals surface area contributed by atoms with E-state index in [4.69, 9.17) is 0 Å². The Hall–Kier alpha value is -2.86. The van der Waals surface area contributed by atoms with Crippen LogP contribution >= 0.6 is 0 Å². The second-order valence-corrected chi connectivity index (χ2v) is 9.10. The second-order valence-electron chi connectivity index (χ2n) is 9.10. The number of benzene rings is 2. The Morgan fingerprint density at radius 1 is 1.13 bits per heavy atom. The molecule has 1 saturated carbocycles. The molecule has 4 rings (SSSR count). The molecule has 4 atom stereocenters. The summed E-state index contributed by atoms with van der Waals surface area (Å²) in [5.74, 6) is 0.217. The number of anilines is 2. The van der Waals surface area contributed by atoms with Crippen LogP contribution in [0.2, 0.25) is 0 Å². The molecule has 1 aliphatic heterocycles. The monoisotopic (exact) mass is 421 g/mol. The number of amides is 3. The van der Waals surface area contributed by atoms with Crippen LogP contribution in [0.5, 0.6) is 0 Å². The first-order valence-electron chi connectivity index (χ1n) is 11.0. The van der Waals surface area contributed by atoms with Gasteiger partial charge in [-0.1, -0.05) is 51.0 Å². The van der Waals surface area contributed by atoms with E-state index in [0.29, 0.717) is 28.8 Å². The fourth-order valence-corrected chi connectivity index (χ4v) is 4.78. The Bertz CT molecular complexity index is 1020. The van der Waals surface area contributed by atoms with Gasteiger partial charge in [0, 0.05) is 17.3 Å². The lowest BCUT2D eigenvalue weighted by Crippen LogP contribution is -2.64. The molecule has 2 aromatic rings. The number of aryl methyl sites for hydroxylation is 2. The second kappa shape index (κ2) is 8.00. The number of carbonyl (C=O) groups is 2. The Morgan fingerprint density at radius 3 is 2.61 bits per heavy atom. The van der Waals surface area contributed by atoms with E-state index in [1.807, 2.05) is 26.0 Å². The highest BCUT2D eigenvalue weighted by Gasteiger charge is 2.52. The van der Waals surface area contributed by atoms with Gasteiger partial charge in [0.05, 0.1) is 5.69 Å². The number of hydrogen-bond donors (Lipinski definition) is 3. The average Bonchev–Trinajstić information content (AvgIpc) is 2.74. The number of nitrogens with zero attached hydrogens (tertiary/aromatic N) is 1. The van der Waals surface area contributed by atoms with Crippen LogP contribution in [0.15, 0.2) is 42.5 Å². The van der Waals surface area contributed by atoms with Gasteiger partial charge in [-0.3, -0.25) is 9.69 Å². The Kier molecular flexibility index (Phi) is 5.52. The maximum absolute atomic E-state index is 13.7. The molecule has 0 spiro atoms. The number of rotatable bonds is 3. The lowest BCUT2D eigenvalue weighted by atomic mass is 9.78. The standard InChI is InChI=1S/C25H31N3O3/c1-15-12-13-19(14-17(15)3)28-24(30)27-22-10-6-5-9-20(22)25(28,31)23(29)26-21-11-7-8-16(2)18(21)4/h5-6,9-10,12-14,16,18,21,31H,7-8,11H2,1-4H3,(H,26,29)(H,27,30)/t16-,18+,21+,25-/m0/s1. The number of nitrogens with one attached hydrogen (secondary N) is 2. The van der Waals surface area contributed by atoms with Gasteiger partial charge in [0.15, 0.2) is 0 Å². The van der Waals surface area contributed by atoms with Crippen molar-refractivity contribution in [1.29, 1.82) is 0 Å². The Morgan fingerprint density at radius 2 is 1.87 bits per heavy atom. The highest BCUT2D eigenvalue weighted by molar-refractivity contribution is 6.11. The van der Waals surface area contributed by atoms with Crippen molar-refractivity contribution >= 4 is 23.3 Å². The lowest BCUT2D eigenvalue weighted by molar-refractivity contribution is -0.141. The highest BCUT2D eigenvalue weighted by atomic mass is 16.3. The predicted molar refractivity (Wildman–Crippen MR) is 122 cm³/mol. The minimum absolute atomic E-state index is 0.0426. The largest absolute Gasteiger partial charge is 0.359 e. The number of fused-ring (bicyclic) bond motifs is 1. The van der Waals surface area contributed by atoms with Crippen LogP contribution in [0.25, 0.3) is 0 Å². The van der Waals surface area contributed by atoms with Crippen LogP contribution in [0, 0.1) is 25.7 Å². The zero-order chi connectivity index (χ0) is 22.3. The van der Waals surface area contributed by atoms with Crippen molar-refractivity contribution in [3.05, 3.63) is 59.2 Å². The number of aliphatic hydroxyl groups is 1. The fourth-order valence-electron chi connectivity index (χ4n) is 4.78. The van der Waals surface area contributed by atoms with E-state index in [2.05, 4.69) is 24.5 Å². The van der Waals surface area contributed by atoms with Crippen molar-refractivity contribution in [2.24, 2.45) is 11.8 Å². The molecule has 1 aliphatic carbocycles. The third kappa shape index (κ3) is 3.59. The van der Waals surface area contributed by atoms with Gasteiger partial charge in [-0.25, -0.2) is 4.79 Å². The molecule has 0 unspecified atom stereocenters. The molecule has 2 aromatic carbocycles. The summed E-state index contributed by atoms with van der Waals surface area (Å²) < 4.78 is 0. The van der Waals surface area contributed by atoms with E-state index >= 15 is 0 Å². The molecule has 6 heteroatoms. The molecule has 6 nitrogen and oxygen atoms in total. The minimum Gasteiger partial charge on any atom is -0.359 e. The Labute approximate surface area is 183 Å². The molecule has 2 aliphatic rings. The van der Waals surface area contributed by atoms with E-state index in [9.17, 15) is 14.7 Å². The molecule has 164 valence electrons. The maximum atomic E-state index is 13.7. The van der Waals surface area contributed by atoms with Crippen molar-refractivity contribution in [2.75, 3.05) is 10.2 Å². The van der Waals surface area contributed by atoms with Crippen molar-refractivity contribution < 1.29 is 14.7 Å². The van der Waals surface area contributed by atoms with E-state index in [1.165, 1.54) is 4.90 Å². The summed E-state index contributed by atoms with van der Waals surface area (Å²) in [5, 5.41) is 17.9. The van der Waals surface area contributed by atoms with Crippen molar-refractivity contribution in [3.8, 4) is 0 Å². The molecule has 0 saturated heterocycles. The fraction of sp³-hybridized carbons (Fsp3) is 0.440. The number of hydrogen-bond acceptors (Lipinski definition) is 3. The summed E-state index contributed by atoms with van der Waals surface area (Å²) in [5.41, 5.74) is 1.16. The van der Waals surface area contributed by atoms with Crippen LogP contribution in [0.1, 0.15) is 49.8 Å². The lowest BCUT2D eigenvalue weighted by Gasteiger charge is -2.44. The van der Waals surface area contributed by atoms with Gasteiger partial charge >= 0.3 is 6.03 Å². The molecule has 3 amide bonds. The topological polar surface area (TPSA) is 81.7 Å². The molecule has 0 bridgehead atoms. The van der Waals surface area contributed by atoms with Gasteiger partial charge in [-0.05, 0) is 61.4 Å². The molecular weight excluding hydrogens is 390 g/mol. The first kappa shape index (κ1) is 21.4. The SMILES string of the molecule is Cc1ccc(N2C(=O)Nc3ccccc3[C@]2(O)C(=O)N[C@@H]2CCC[C@H](C)[C@H]2C)cc1C. The Balaban J connectivity index is 1.79. The summed E-state index contributed by atoms with van der Waals surface area (Å²) in [6.45, 7) is 8.26. The molecular formula is C25H31N3O3. The average molecular weight is 422 g/mol. The third-order valence-corrected chi connectivity index (χ3v) is 7.16. The van der Waals surface area contributed by atoms with Crippen molar-refractivity contribution in [3.63, 3.8) is 0 Å². The third-order valence-electron chi connectivity index (χ3n) is 7.16. The summed E-state index contributed by atoms with van der Waals surface area (Å²) in [6, 6.07) is 11.8. The summed E-state index contributed by atoms with van der Waals surface area (Å²) in [4.78, 5) is 28.0. The molecule has 3 N–H and O–H groups in total. The van der Waals surface area contributed by atoms with Crippen molar-refractivity contribution in [1.82, 2.24) is 5.32 Å². The van der Waals surface area contributed by atoms with Gasteiger partial charge in [-0.2, -0.15) is 0 Å². The van der Waals surface area contributed by atoms with E-state index in [-0.39, 0.29) is 6.04 Å². The summed E-state index contributed by atoms with van der Waals surface area (Å²) >= 11 is 0. The molecule has 0 radical (unpaired) electrons.